The molecule has 1 aromatic heterocycles. The lowest BCUT2D eigenvalue weighted by atomic mass is 10.0. The molecule has 1 saturated carbocycles. The molecule has 1 aliphatic carbocycles. The van der Waals surface area contributed by atoms with E-state index in [1.54, 1.807) is 0 Å². The first-order chi connectivity index (χ1) is 7.02. The zero-order chi connectivity index (χ0) is 11.1. The highest BCUT2D eigenvalue weighted by atomic mass is 19.4. The van der Waals surface area contributed by atoms with Crippen LogP contribution in [0.5, 0.6) is 0 Å². The maximum atomic E-state index is 12.6. The van der Waals surface area contributed by atoms with E-state index < -0.39 is 18.3 Å². The van der Waals surface area contributed by atoms with Gasteiger partial charge in [0.05, 0.1) is 17.9 Å². The van der Waals surface area contributed by atoms with Gasteiger partial charge in [0.2, 0.25) is 0 Å². The van der Waals surface area contributed by atoms with Crippen LogP contribution in [-0.2, 0) is 12.8 Å². The maximum Gasteiger partial charge on any atom is 0.416 e. The lowest BCUT2D eigenvalue weighted by Crippen LogP contribution is -2.10. The highest BCUT2D eigenvalue weighted by Crippen LogP contribution is 2.45. The molecule has 0 aliphatic heterocycles. The van der Waals surface area contributed by atoms with Crippen LogP contribution in [0.2, 0.25) is 0 Å². The molecule has 1 aliphatic rings. The van der Waals surface area contributed by atoms with Crippen molar-refractivity contribution >= 4 is 0 Å². The Kier molecular flexibility index (Phi) is 2.42. The second-order valence-corrected chi connectivity index (χ2v) is 3.69. The fourth-order valence-corrected chi connectivity index (χ4v) is 1.56. The van der Waals surface area contributed by atoms with E-state index in [-0.39, 0.29) is 17.2 Å². The fourth-order valence-electron chi connectivity index (χ4n) is 1.56. The first-order valence-corrected chi connectivity index (χ1v) is 4.69. The summed E-state index contributed by atoms with van der Waals surface area (Å²) < 4.78 is 37.9. The van der Waals surface area contributed by atoms with Gasteiger partial charge < -0.3 is 5.11 Å². The van der Waals surface area contributed by atoms with E-state index in [4.69, 9.17) is 5.11 Å². The third kappa shape index (κ3) is 2.12. The summed E-state index contributed by atoms with van der Waals surface area (Å²) in [5.41, 5.74) is -0.324. The van der Waals surface area contributed by atoms with Crippen LogP contribution in [0.25, 0.3) is 0 Å². The number of rotatable bonds is 2. The first-order valence-electron chi connectivity index (χ1n) is 4.69. The monoisotopic (exact) mass is 217 g/mol. The molecule has 15 heavy (non-hydrogen) atoms. The van der Waals surface area contributed by atoms with Gasteiger partial charge in [-0.25, -0.2) is 0 Å². The maximum absolute atomic E-state index is 12.6. The highest BCUT2D eigenvalue weighted by molar-refractivity contribution is 5.34. The van der Waals surface area contributed by atoms with Gasteiger partial charge in [-0.15, -0.1) is 0 Å². The average Bonchev–Trinajstić information content (AvgIpc) is 2.99. The Hall–Kier alpha value is -1.10. The number of pyridine rings is 1. The smallest absolute Gasteiger partial charge is 0.390 e. The van der Waals surface area contributed by atoms with Gasteiger partial charge in [-0.2, -0.15) is 13.2 Å². The van der Waals surface area contributed by atoms with Crippen molar-refractivity contribution in [1.29, 1.82) is 0 Å². The molecular formula is C10H10F3NO. The molecule has 1 heterocycles. The van der Waals surface area contributed by atoms with Crippen LogP contribution in [0.3, 0.4) is 0 Å². The molecule has 82 valence electrons. The summed E-state index contributed by atoms with van der Waals surface area (Å²) in [7, 11) is 0. The van der Waals surface area contributed by atoms with Crippen molar-refractivity contribution in [3.63, 3.8) is 0 Å². The van der Waals surface area contributed by atoms with E-state index in [1.165, 1.54) is 6.20 Å². The lowest BCUT2D eigenvalue weighted by Gasteiger charge is -2.12. The van der Waals surface area contributed by atoms with E-state index in [9.17, 15) is 13.2 Å². The van der Waals surface area contributed by atoms with E-state index in [1.807, 2.05) is 0 Å². The van der Waals surface area contributed by atoms with Gasteiger partial charge in [-0.3, -0.25) is 4.98 Å². The minimum absolute atomic E-state index is 0.00173. The van der Waals surface area contributed by atoms with Gasteiger partial charge >= 0.3 is 6.18 Å². The van der Waals surface area contributed by atoms with Gasteiger partial charge in [-0.1, -0.05) is 0 Å². The summed E-state index contributed by atoms with van der Waals surface area (Å²) in [4.78, 5) is 3.78. The Morgan fingerprint density at radius 2 is 2.07 bits per heavy atom. The molecule has 0 radical (unpaired) electrons. The molecule has 0 saturated heterocycles. The van der Waals surface area contributed by atoms with Gasteiger partial charge in [0.25, 0.3) is 0 Å². The molecule has 5 heteroatoms. The molecule has 0 amide bonds. The van der Waals surface area contributed by atoms with Crippen LogP contribution in [0.4, 0.5) is 13.2 Å². The quantitative estimate of drug-likeness (QED) is 0.825. The number of aromatic nitrogens is 1. The van der Waals surface area contributed by atoms with Crippen molar-refractivity contribution in [3.05, 3.63) is 29.1 Å². The lowest BCUT2D eigenvalue weighted by molar-refractivity contribution is -0.138. The Balaban J connectivity index is 2.45. The van der Waals surface area contributed by atoms with Gasteiger partial charge in [-0.05, 0) is 30.4 Å². The number of nitrogens with zero attached hydrogens (tertiary/aromatic N) is 1. The largest absolute Gasteiger partial charge is 0.416 e. The Labute approximate surface area is 84.8 Å². The second-order valence-electron chi connectivity index (χ2n) is 3.69. The van der Waals surface area contributed by atoms with Crippen LogP contribution in [-0.4, -0.2) is 10.1 Å². The van der Waals surface area contributed by atoms with Crippen LogP contribution < -0.4 is 0 Å². The molecule has 0 atom stereocenters. The molecule has 0 aromatic carbocycles. The summed E-state index contributed by atoms with van der Waals surface area (Å²) in [6, 6.07) is 0.938. The van der Waals surface area contributed by atoms with Crippen molar-refractivity contribution in [2.75, 3.05) is 0 Å². The molecule has 0 bridgehead atoms. The van der Waals surface area contributed by atoms with Crippen molar-refractivity contribution in [3.8, 4) is 0 Å². The van der Waals surface area contributed by atoms with Gasteiger partial charge in [0, 0.05) is 6.20 Å². The summed E-state index contributed by atoms with van der Waals surface area (Å²) in [5.74, 6) is 0.00173. The van der Waals surface area contributed by atoms with E-state index in [0.29, 0.717) is 0 Å². The molecule has 0 unspecified atom stereocenters. The standard InChI is InChI=1S/C10H10F3NO/c11-10(12,13)9-3-7(5-15)14-4-8(9)6-1-2-6/h3-4,6,15H,1-2,5H2. The normalized spacial score (nSPS) is 16.8. The Morgan fingerprint density at radius 1 is 1.40 bits per heavy atom. The number of hydrogen-bond donors (Lipinski definition) is 1. The van der Waals surface area contributed by atoms with E-state index in [2.05, 4.69) is 4.98 Å². The molecule has 2 nitrogen and oxygen atoms in total. The van der Waals surface area contributed by atoms with Crippen molar-refractivity contribution in [1.82, 2.24) is 4.98 Å². The molecule has 1 fully saturated rings. The summed E-state index contributed by atoms with van der Waals surface area (Å²) >= 11 is 0. The van der Waals surface area contributed by atoms with E-state index >= 15 is 0 Å². The third-order valence-corrected chi connectivity index (χ3v) is 2.48. The highest BCUT2D eigenvalue weighted by Gasteiger charge is 2.38. The van der Waals surface area contributed by atoms with Gasteiger partial charge in [0.15, 0.2) is 0 Å². The minimum atomic E-state index is -4.36. The van der Waals surface area contributed by atoms with Crippen LogP contribution in [0, 0.1) is 0 Å². The van der Waals surface area contributed by atoms with Gasteiger partial charge in [0.1, 0.15) is 0 Å². The predicted molar refractivity (Wildman–Crippen MR) is 47.1 cm³/mol. The van der Waals surface area contributed by atoms with E-state index in [0.717, 1.165) is 18.9 Å². The zero-order valence-corrected chi connectivity index (χ0v) is 7.88. The average molecular weight is 217 g/mol. The molecular weight excluding hydrogens is 207 g/mol. The molecule has 1 aromatic rings. The molecule has 2 rings (SSSR count). The van der Waals surface area contributed by atoms with Crippen LogP contribution in [0.1, 0.15) is 35.6 Å². The number of aliphatic hydroxyl groups excluding tert-OH is 1. The number of hydrogen-bond acceptors (Lipinski definition) is 2. The minimum Gasteiger partial charge on any atom is -0.390 e. The van der Waals surface area contributed by atoms with Crippen LogP contribution >= 0.6 is 0 Å². The first kappa shape index (κ1) is 10.4. The third-order valence-electron chi connectivity index (χ3n) is 2.48. The Bertz CT molecular complexity index is 371. The summed E-state index contributed by atoms with van der Waals surface area (Å²) in [5, 5.41) is 8.74. The van der Waals surface area contributed by atoms with Crippen LogP contribution in [0.15, 0.2) is 12.3 Å². The Morgan fingerprint density at radius 3 is 2.53 bits per heavy atom. The zero-order valence-electron chi connectivity index (χ0n) is 7.88. The van der Waals surface area contributed by atoms with Crippen molar-refractivity contribution in [2.45, 2.75) is 31.5 Å². The number of alkyl halides is 3. The summed E-state index contributed by atoms with van der Waals surface area (Å²) in [6.07, 6.45) is -1.52. The topological polar surface area (TPSA) is 33.1 Å². The van der Waals surface area contributed by atoms with Crippen molar-refractivity contribution in [2.24, 2.45) is 0 Å². The fraction of sp³-hybridized carbons (Fsp3) is 0.500. The molecule has 0 spiro atoms. The number of halogens is 3. The summed E-state index contributed by atoms with van der Waals surface area (Å²) in [6.45, 7) is -0.464. The predicted octanol–water partition coefficient (Wildman–Crippen LogP) is 2.47. The SMILES string of the molecule is OCc1cc(C(F)(F)F)c(C2CC2)cn1. The number of aliphatic hydroxyl groups is 1. The second kappa shape index (κ2) is 3.48. The van der Waals surface area contributed by atoms with Crippen molar-refractivity contribution < 1.29 is 18.3 Å². The molecule has 1 N–H and O–H groups in total.